The standard InChI is InChI=1S/C20H21F4NO.C5H11NO2S/c1-25-11-14-8-13-9-18(21)19(26-2)10-17(13)16(14)7-12-4-3-5-15(6-12)20(22,23)24;1-6-9(7,8)5-3-2-4-5/h3-6,9-10,14,16,25H,7-8,11H2,1-2H3;5-6H,2-4H2,1H3. The van der Waals surface area contributed by atoms with Gasteiger partial charge in [0.2, 0.25) is 10.0 Å². The summed E-state index contributed by atoms with van der Waals surface area (Å²) < 4.78 is 82.2. The lowest BCUT2D eigenvalue weighted by Gasteiger charge is -2.24. The third-order valence-corrected chi connectivity index (χ3v) is 8.73. The fourth-order valence-electron chi connectivity index (χ4n) is 4.70. The van der Waals surface area contributed by atoms with Crippen molar-refractivity contribution in [2.45, 2.75) is 49.4 Å². The van der Waals surface area contributed by atoms with Crippen molar-refractivity contribution in [3.8, 4) is 5.75 Å². The molecule has 1 saturated carbocycles. The first-order chi connectivity index (χ1) is 16.5. The molecule has 0 aliphatic heterocycles. The van der Waals surface area contributed by atoms with Crippen LogP contribution in [0.5, 0.6) is 5.75 Å². The van der Waals surface area contributed by atoms with Gasteiger partial charge in [0.05, 0.1) is 17.9 Å². The van der Waals surface area contributed by atoms with E-state index in [0.29, 0.717) is 24.9 Å². The summed E-state index contributed by atoms with van der Waals surface area (Å²) in [5.74, 6) is -0.0384. The Balaban J connectivity index is 0.000000320. The molecule has 0 saturated heterocycles. The molecule has 2 aliphatic rings. The Morgan fingerprint density at radius 2 is 1.83 bits per heavy atom. The van der Waals surface area contributed by atoms with Crippen LogP contribution in [0.15, 0.2) is 36.4 Å². The summed E-state index contributed by atoms with van der Waals surface area (Å²) >= 11 is 0. The van der Waals surface area contributed by atoms with Gasteiger partial charge in [0.1, 0.15) is 0 Å². The van der Waals surface area contributed by atoms with E-state index in [2.05, 4.69) is 10.0 Å². The maximum Gasteiger partial charge on any atom is 0.416 e. The maximum atomic E-state index is 14.0. The lowest BCUT2D eigenvalue weighted by Crippen LogP contribution is -2.36. The average molecular weight is 517 g/mol. The summed E-state index contributed by atoms with van der Waals surface area (Å²) in [6, 6.07) is 8.61. The third-order valence-electron chi connectivity index (χ3n) is 6.82. The summed E-state index contributed by atoms with van der Waals surface area (Å²) in [7, 11) is 1.80. The van der Waals surface area contributed by atoms with E-state index in [9.17, 15) is 26.0 Å². The Kier molecular flexibility index (Phi) is 8.82. The van der Waals surface area contributed by atoms with E-state index in [1.165, 1.54) is 32.4 Å². The normalized spacial score (nSPS) is 20.0. The highest BCUT2D eigenvalue weighted by molar-refractivity contribution is 7.90. The minimum Gasteiger partial charge on any atom is -0.494 e. The van der Waals surface area contributed by atoms with Crippen LogP contribution in [-0.4, -0.2) is 41.4 Å². The molecule has 0 spiro atoms. The van der Waals surface area contributed by atoms with Gasteiger partial charge in [0.15, 0.2) is 11.6 Å². The first-order valence-corrected chi connectivity index (χ1v) is 13.1. The summed E-state index contributed by atoms with van der Waals surface area (Å²) in [4.78, 5) is 0. The van der Waals surface area contributed by atoms with Crippen molar-refractivity contribution in [3.05, 3.63) is 64.5 Å². The molecule has 0 bridgehead atoms. The zero-order chi connectivity index (χ0) is 25.8. The Labute approximate surface area is 204 Å². The Morgan fingerprint density at radius 3 is 2.34 bits per heavy atom. The minimum atomic E-state index is -4.36. The van der Waals surface area contributed by atoms with Gasteiger partial charge in [-0.15, -0.1) is 0 Å². The molecule has 2 atom stereocenters. The van der Waals surface area contributed by atoms with Crippen molar-refractivity contribution in [1.29, 1.82) is 0 Å². The van der Waals surface area contributed by atoms with Crippen LogP contribution >= 0.6 is 0 Å². The van der Waals surface area contributed by atoms with Crippen LogP contribution in [0.1, 0.15) is 47.4 Å². The Morgan fingerprint density at radius 1 is 1.11 bits per heavy atom. The van der Waals surface area contributed by atoms with Gasteiger partial charge in [-0.25, -0.2) is 17.5 Å². The molecule has 1 fully saturated rings. The molecule has 0 heterocycles. The van der Waals surface area contributed by atoms with Gasteiger partial charge in [-0.05, 0) is 93.0 Å². The van der Waals surface area contributed by atoms with E-state index < -0.39 is 27.6 Å². The molecular weight excluding hydrogens is 484 g/mol. The van der Waals surface area contributed by atoms with Gasteiger partial charge in [-0.3, -0.25) is 0 Å². The summed E-state index contributed by atoms with van der Waals surface area (Å²) in [6.45, 7) is 0.711. The number of hydrogen-bond donors (Lipinski definition) is 2. The molecule has 2 N–H and O–H groups in total. The van der Waals surface area contributed by atoms with Crippen LogP contribution in [0.2, 0.25) is 0 Å². The number of halogens is 4. The number of ether oxygens (including phenoxy) is 1. The van der Waals surface area contributed by atoms with Gasteiger partial charge in [-0.1, -0.05) is 24.6 Å². The van der Waals surface area contributed by atoms with E-state index in [4.69, 9.17) is 4.74 Å². The molecule has 5 nitrogen and oxygen atoms in total. The highest BCUT2D eigenvalue weighted by atomic mass is 32.2. The van der Waals surface area contributed by atoms with E-state index in [1.807, 2.05) is 7.05 Å². The summed E-state index contributed by atoms with van der Waals surface area (Å²) in [5, 5.41) is 3.04. The van der Waals surface area contributed by atoms with Gasteiger partial charge in [0.25, 0.3) is 0 Å². The molecule has 2 unspecified atom stereocenters. The number of alkyl halides is 3. The zero-order valence-electron chi connectivity index (χ0n) is 20.1. The van der Waals surface area contributed by atoms with Crippen molar-refractivity contribution >= 4 is 10.0 Å². The summed E-state index contributed by atoms with van der Waals surface area (Å²) in [5.41, 5.74) is 1.85. The van der Waals surface area contributed by atoms with Crippen molar-refractivity contribution < 1.29 is 30.7 Å². The minimum absolute atomic E-state index is 0.00966. The fourth-order valence-corrected chi connectivity index (χ4v) is 5.98. The number of nitrogens with one attached hydrogen (secondary N) is 2. The molecule has 0 radical (unpaired) electrons. The molecule has 194 valence electrons. The Hall–Kier alpha value is -2.17. The monoisotopic (exact) mass is 516 g/mol. The Bertz CT molecular complexity index is 1120. The largest absolute Gasteiger partial charge is 0.494 e. The maximum absolute atomic E-state index is 14.0. The van der Waals surface area contributed by atoms with Crippen LogP contribution in [0.25, 0.3) is 0 Å². The van der Waals surface area contributed by atoms with Crippen LogP contribution in [0, 0.1) is 11.7 Å². The predicted octanol–water partition coefficient (Wildman–Crippen LogP) is 4.66. The van der Waals surface area contributed by atoms with Crippen LogP contribution in [0.3, 0.4) is 0 Å². The van der Waals surface area contributed by atoms with Gasteiger partial charge >= 0.3 is 6.18 Å². The number of hydrogen-bond acceptors (Lipinski definition) is 4. The molecule has 10 heteroatoms. The lowest BCUT2D eigenvalue weighted by atomic mass is 9.86. The van der Waals surface area contributed by atoms with E-state index >= 15 is 0 Å². The molecule has 0 aromatic heterocycles. The fraction of sp³-hybridized carbons (Fsp3) is 0.520. The number of rotatable bonds is 7. The van der Waals surface area contributed by atoms with Crippen molar-refractivity contribution in [3.63, 3.8) is 0 Å². The molecule has 0 amide bonds. The molecule has 2 aromatic carbocycles. The zero-order valence-corrected chi connectivity index (χ0v) is 20.9. The highest BCUT2D eigenvalue weighted by Gasteiger charge is 2.35. The number of fused-ring (bicyclic) bond motifs is 1. The first kappa shape index (κ1) is 27.4. The number of sulfonamides is 1. The third kappa shape index (κ3) is 6.54. The SMILES string of the molecule is CNCC1Cc2cc(F)c(OC)cc2C1Cc1cccc(C(F)(F)F)c1.CNS(=O)(=O)C1CCC1. The number of benzene rings is 2. The second-order valence-electron chi connectivity index (χ2n) is 9.02. The molecule has 2 aromatic rings. The second-order valence-corrected chi connectivity index (χ2v) is 11.2. The average Bonchev–Trinajstić information content (AvgIpc) is 3.07. The molecule has 4 rings (SSSR count). The smallest absolute Gasteiger partial charge is 0.416 e. The van der Waals surface area contributed by atoms with Crippen molar-refractivity contribution in [2.24, 2.45) is 5.92 Å². The molecule has 35 heavy (non-hydrogen) atoms. The van der Waals surface area contributed by atoms with Crippen molar-refractivity contribution in [2.75, 3.05) is 27.7 Å². The first-order valence-electron chi connectivity index (χ1n) is 11.6. The van der Waals surface area contributed by atoms with Gasteiger partial charge in [0, 0.05) is 0 Å². The van der Waals surface area contributed by atoms with Crippen LogP contribution in [-0.2, 0) is 29.0 Å². The lowest BCUT2D eigenvalue weighted by molar-refractivity contribution is -0.137. The van der Waals surface area contributed by atoms with E-state index in [0.717, 1.165) is 36.5 Å². The summed E-state index contributed by atoms with van der Waals surface area (Å²) in [6.07, 6.45) is -0.461. The van der Waals surface area contributed by atoms with Crippen LogP contribution < -0.4 is 14.8 Å². The predicted molar refractivity (Wildman–Crippen MR) is 128 cm³/mol. The number of methoxy groups -OCH3 is 1. The van der Waals surface area contributed by atoms with E-state index in [1.54, 1.807) is 12.1 Å². The topological polar surface area (TPSA) is 67.4 Å². The molecule has 2 aliphatic carbocycles. The quantitative estimate of drug-likeness (QED) is 0.526. The van der Waals surface area contributed by atoms with Gasteiger partial charge in [-0.2, -0.15) is 13.2 Å². The second kappa shape index (κ2) is 11.3. The van der Waals surface area contributed by atoms with Crippen LogP contribution in [0.4, 0.5) is 17.6 Å². The highest BCUT2D eigenvalue weighted by Crippen LogP contribution is 2.43. The van der Waals surface area contributed by atoms with Gasteiger partial charge < -0.3 is 10.1 Å². The molecular formula is C25H32F4N2O3S. The van der Waals surface area contributed by atoms with E-state index in [-0.39, 0.29) is 22.8 Å². The van der Waals surface area contributed by atoms with Crippen molar-refractivity contribution in [1.82, 2.24) is 10.0 Å².